The van der Waals surface area contributed by atoms with Gasteiger partial charge in [-0.05, 0) is 32.4 Å². The number of pyridine rings is 1. The standard InChI is InChI=1S/C22H21Cl3N4O4/c1-22(2,31)12-6-26-18-11(16(12)25)3-9(4-13(18)23)17-14(24)7-27-21(29-17)28-15-5-10-8-32-20(33-10)19(15)30/h3-4,6-7,10,15,19-20,30-31H,5,8H2,1-2H3,(H,27,28,29)/t10-,15+,19-,20+/m0/s1. The van der Waals surface area contributed by atoms with E-state index < -0.39 is 18.0 Å². The number of aromatic nitrogens is 3. The van der Waals surface area contributed by atoms with Crippen LogP contribution >= 0.6 is 34.8 Å². The summed E-state index contributed by atoms with van der Waals surface area (Å²) in [6, 6.07) is 3.14. The first kappa shape index (κ1) is 23.0. The number of hydrogen-bond acceptors (Lipinski definition) is 8. The number of nitrogens with one attached hydrogen (secondary N) is 1. The third-order valence-electron chi connectivity index (χ3n) is 5.83. The number of halogens is 3. The Labute approximate surface area is 204 Å². The van der Waals surface area contributed by atoms with Crippen LogP contribution in [-0.4, -0.2) is 56.3 Å². The van der Waals surface area contributed by atoms with Crippen LogP contribution in [0.3, 0.4) is 0 Å². The van der Waals surface area contributed by atoms with E-state index in [2.05, 4.69) is 20.3 Å². The number of fused-ring (bicyclic) bond motifs is 3. The Balaban J connectivity index is 1.53. The van der Waals surface area contributed by atoms with Crippen LogP contribution in [-0.2, 0) is 15.1 Å². The van der Waals surface area contributed by atoms with Crippen LogP contribution in [0.1, 0.15) is 25.8 Å². The largest absolute Gasteiger partial charge is 0.386 e. The van der Waals surface area contributed by atoms with Crippen LogP contribution in [0.25, 0.3) is 22.2 Å². The van der Waals surface area contributed by atoms with E-state index in [1.807, 2.05) is 0 Å². The van der Waals surface area contributed by atoms with Gasteiger partial charge in [-0.25, -0.2) is 9.97 Å². The molecule has 2 aliphatic rings. The molecule has 174 valence electrons. The van der Waals surface area contributed by atoms with Crippen LogP contribution in [0.2, 0.25) is 15.1 Å². The third-order valence-corrected chi connectivity index (χ3v) is 6.80. The first-order chi connectivity index (χ1) is 15.6. The minimum absolute atomic E-state index is 0.0819. The molecule has 0 radical (unpaired) electrons. The van der Waals surface area contributed by atoms with Crippen molar-refractivity contribution in [3.05, 3.63) is 45.2 Å². The van der Waals surface area contributed by atoms with E-state index >= 15 is 0 Å². The molecule has 0 unspecified atom stereocenters. The minimum Gasteiger partial charge on any atom is -0.386 e. The summed E-state index contributed by atoms with van der Waals surface area (Å²) >= 11 is 19.6. The van der Waals surface area contributed by atoms with Crippen molar-refractivity contribution in [2.45, 2.75) is 50.4 Å². The van der Waals surface area contributed by atoms with E-state index in [1.54, 1.807) is 26.0 Å². The highest BCUT2D eigenvalue weighted by atomic mass is 35.5. The van der Waals surface area contributed by atoms with Crippen molar-refractivity contribution in [2.75, 3.05) is 11.9 Å². The Morgan fingerprint density at radius 2 is 1.91 bits per heavy atom. The number of aliphatic hydroxyl groups excluding tert-OH is 1. The SMILES string of the molecule is CC(C)(O)c1cnc2c(Cl)cc(-c3nc(N[C@@H]4C[C@H]5CO[C@H](O5)[C@H]4O)ncc3Cl)cc2c1Cl. The molecule has 2 saturated heterocycles. The quantitative estimate of drug-likeness (QED) is 0.479. The molecule has 3 aromatic rings. The van der Waals surface area contributed by atoms with Gasteiger partial charge in [0.15, 0.2) is 6.29 Å². The highest BCUT2D eigenvalue weighted by Crippen LogP contribution is 2.39. The molecule has 33 heavy (non-hydrogen) atoms. The van der Waals surface area contributed by atoms with E-state index in [1.165, 1.54) is 12.4 Å². The summed E-state index contributed by atoms with van der Waals surface area (Å²) < 4.78 is 11.0. The first-order valence-electron chi connectivity index (χ1n) is 10.4. The number of rotatable bonds is 4. The van der Waals surface area contributed by atoms with Crippen molar-refractivity contribution in [2.24, 2.45) is 0 Å². The van der Waals surface area contributed by atoms with Gasteiger partial charge < -0.3 is 25.0 Å². The fourth-order valence-corrected chi connectivity index (χ4v) is 5.02. The number of hydrogen-bond donors (Lipinski definition) is 3. The fourth-order valence-electron chi connectivity index (χ4n) is 4.13. The van der Waals surface area contributed by atoms with Gasteiger partial charge in [0.05, 0.1) is 56.8 Å². The van der Waals surface area contributed by atoms with Crippen LogP contribution in [0, 0.1) is 0 Å². The summed E-state index contributed by atoms with van der Waals surface area (Å²) in [5.74, 6) is 0.297. The number of ether oxygens (including phenoxy) is 2. The van der Waals surface area contributed by atoms with Crippen molar-refractivity contribution in [3.63, 3.8) is 0 Å². The normalized spacial score (nSPS) is 24.9. The van der Waals surface area contributed by atoms with Gasteiger partial charge in [0, 0.05) is 22.7 Å². The van der Waals surface area contributed by atoms with Gasteiger partial charge in [-0.2, -0.15) is 0 Å². The molecule has 0 spiro atoms. The Morgan fingerprint density at radius 1 is 1.12 bits per heavy atom. The van der Waals surface area contributed by atoms with Crippen molar-refractivity contribution < 1.29 is 19.7 Å². The molecule has 8 nitrogen and oxygen atoms in total. The van der Waals surface area contributed by atoms with E-state index in [0.29, 0.717) is 61.8 Å². The molecule has 0 saturated carbocycles. The van der Waals surface area contributed by atoms with Crippen molar-refractivity contribution in [3.8, 4) is 11.3 Å². The highest BCUT2D eigenvalue weighted by molar-refractivity contribution is 6.40. The zero-order chi connectivity index (χ0) is 23.5. The predicted octanol–water partition coefficient (Wildman–Crippen LogP) is 4.17. The van der Waals surface area contributed by atoms with Gasteiger partial charge in [0.1, 0.15) is 6.10 Å². The van der Waals surface area contributed by atoms with Gasteiger partial charge in [0.2, 0.25) is 5.95 Å². The zero-order valence-corrected chi connectivity index (χ0v) is 20.0. The average Bonchev–Trinajstić information content (AvgIpc) is 3.16. The molecule has 4 atom stereocenters. The Bertz CT molecular complexity index is 1240. The number of benzene rings is 1. The summed E-state index contributed by atoms with van der Waals surface area (Å²) in [5, 5.41) is 25.7. The second-order valence-corrected chi connectivity index (χ2v) is 9.92. The van der Waals surface area contributed by atoms with E-state index in [4.69, 9.17) is 44.3 Å². The third kappa shape index (κ3) is 4.25. The van der Waals surface area contributed by atoms with Crippen LogP contribution in [0.5, 0.6) is 0 Å². The van der Waals surface area contributed by atoms with Gasteiger partial charge in [-0.15, -0.1) is 0 Å². The van der Waals surface area contributed by atoms with Gasteiger partial charge in [0.25, 0.3) is 0 Å². The molecular formula is C22H21Cl3N4O4. The minimum atomic E-state index is -1.18. The second kappa shape index (κ2) is 8.46. The summed E-state index contributed by atoms with van der Waals surface area (Å²) in [5.41, 5.74) is 0.839. The molecule has 2 aliphatic heterocycles. The van der Waals surface area contributed by atoms with Gasteiger partial charge in [-0.3, -0.25) is 4.98 Å². The lowest BCUT2D eigenvalue weighted by Gasteiger charge is -2.32. The number of anilines is 1. The topological polar surface area (TPSA) is 110 Å². The molecule has 11 heteroatoms. The zero-order valence-electron chi connectivity index (χ0n) is 17.7. The lowest BCUT2D eigenvalue weighted by molar-refractivity contribution is -0.156. The second-order valence-electron chi connectivity index (χ2n) is 8.73. The molecule has 4 heterocycles. The molecule has 1 aromatic carbocycles. The smallest absolute Gasteiger partial charge is 0.223 e. The van der Waals surface area contributed by atoms with Crippen molar-refractivity contribution in [1.29, 1.82) is 0 Å². The molecule has 2 aromatic heterocycles. The first-order valence-corrected chi connectivity index (χ1v) is 11.5. The summed E-state index contributed by atoms with van der Waals surface area (Å²) in [6.07, 6.45) is 1.96. The van der Waals surface area contributed by atoms with E-state index in [9.17, 15) is 10.2 Å². The van der Waals surface area contributed by atoms with Crippen LogP contribution in [0.4, 0.5) is 5.95 Å². The van der Waals surface area contributed by atoms with Crippen LogP contribution in [0.15, 0.2) is 24.5 Å². The predicted molar refractivity (Wildman–Crippen MR) is 126 cm³/mol. The number of nitrogens with zero attached hydrogens (tertiary/aromatic N) is 3. The maximum Gasteiger partial charge on any atom is 0.223 e. The van der Waals surface area contributed by atoms with Gasteiger partial charge in [-0.1, -0.05) is 34.8 Å². The monoisotopic (exact) mass is 510 g/mol. The molecule has 0 amide bonds. The lowest BCUT2D eigenvalue weighted by atomic mass is 9.97. The lowest BCUT2D eigenvalue weighted by Crippen LogP contribution is -2.48. The molecular weight excluding hydrogens is 491 g/mol. The average molecular weight is 512 g/mol. The van der Waals surface area contributed by atoms with E-state index in [0.717, 1.165) is 0 Å². The van der Waals surface area contributed by atoms with Crippen molar-refractivity contribution >= 4 is 51.7 Å². The fraction of sp³-hybridized carbons (Fsp3) is 0.409. The Hall–Kier alpha value is -1.78. The molecule has 5 rings (SSSR count). The maximum absolute atomic E-state index is 10.5. The molecule has 0 aliphatic carbocycles. The van der Waals surface area contributed by atoms with Crippen LogP contribution < -0.4 is 5.32 Å². The molecule has 2 fully saturated rings. The van der Waals surface area contributed by atoms with Gasteiger partial charge >= 0.3 is 0 Å². The number of aliphatic hydroxyl groups is 2. The van der Waals surface area contributed by atoms with Crippen molar-refractivity contribution in [1.82, 2.24) is 15.0 Å². The molecule has 2 bridgehead atoms. The Kier molecular flexibility index (Phi) is 5.89. The Morgan fingerprint density at radius 3 is 2.67 bits per heavy atom. The summed E-state index contributed by atoms with van der Waals surface area (Å²) in [4.78, 5) is 13.2. The molecule has 3 N–H and O–H groups in total. The highest BCUT2D eigenvalue weighted by Gasteiger charge is 2.43. The summed E-state index contributed by atoms with van der Waals surface area (Å²) in [6.45, 7) is 3.71. The maximum atomic E-state index is 10.5. The van der Waals surface area contributed by atoms with E-state index in [-0.39, 0.29) is 12.1 Å². The summed E-state index contributed by atoms with van der Waals surface area (Å²) in [7, 11) is 0.